The van der Waals surface area contributed by atoms with E-state index in [-0.39, 0.29) is 11.9 Å². The lowest BCUT2D eigenvalue weighted by Crippen LogP contribution is -2.24. The molecule has 0 saturated heterocycles. The number of aromatic nitrogens is 1. The molecule has 0 bridgehead atoms. The van der Waals surface area contributed by atoms with Crippen molar-refractivity contribution in [1.82, 2.24) is 10.3 Å². The molecule has 2 aromatic rings. The minimum Gasteiger partial charge on any atom is -0.469 e. The van der Waals surface area contributed by atoms with Crippen molar-refractivity contribution in [3.8, 4) is 0 Å². The van der Waals surface area contributed by atoms with Gasteiger partial charge in [0.1, 0.15) is 5.69 Å². The van der Waals surface area contributed by atoms with Gasteiger partial charge in [-0.1, -0.05) is 22.4 Å². The molecule has 22 heavy (non-hydrogen) atoms. The number of rotatable bonds is 7. The molecular weight excluding hydrogens is 348 g/mol. The average Bonchev–Trinajstić information content (AvgIpc) is 2.93. The Hall–Kier alpha value is -1.82. The maximum Gasteiger partial charge on any atom is 0.305 e. The molecule has 118 valence electrons. The van der Waals surface area contributed by atoms with Gasteiger partial charge in [-0.05, 0) is 37.1 Å². The highest BCUT2D eigenvalue weighted by molar-refractivity contribution is 9.10. The smallest absolute Gasteiger partial charge is 0.305 e. The predicted octanol–water partition coefficient (Wildman–Crippen LogP) is 3.39. The first-order valence-electron chi connectivity index (χ1n) is 7.23. The zero-order chi connectivity index (χ0) is 15.9. The fourth-order valence-corrected chi connectivity index (χ4v) is 2.57. The van der Waals surface area contributed by atoms with Crippen molar-refractivity contribution in [2.45, 2.75) is 25.7 Å². The van der Waals surface area contributed by atoms with Crippen LogP contribution in [0.3, 0.4) is 0 Å². The maximum atomic E-state index is 12.1. The molecule has 1 aromatic carbocycles. The summed E-state index contributed by atoms with van der Waals surface area (Å²) in [6.07, 6.45) is 2.94. The first-order valence-corrected chi connectivity index (χ1v) is 8.03. The van der Waals surface area contributed by atoms with Gasteiger partial charge in [-0.15, -0.1) is 0 Å². The van der Waals surface area contributed by atoms with Crippen molar-refractivity contribution >= 4 is 38.7 Å². The molecule has 0 radical (unpaired) electrons. The van der Waals surface area contributed by atoms with Crippen LogP contribution in [0.15, 0.2) is 28.7 Å². The molecule has 0 unspecified atom stereocenters. The lowest BCUT2D eigenvalue weighted by atomic mass is 10.2. The van der Waals surface area contributed by atoms with Gasteiger partial charge in [-0.25, -0.2) is 0 Å². The van der Waals surface area contributed by atoms with E-state index in [2.05, 4.69) is 31.0 Å². The Labute approximate surface area is 137 Å². The number of aromatic amines is 1. The Balaban J connectivity index is 1.75. The number of ether oxygens (including phenoxy) is 1. The molecule has 0 spiro atoms. The van der Waals surface area contributed by atoms with Crippen LogP contribution in [0.4, 0.5) is 0 Å². The van der Waals surface area contributed by atoms with Crippen LogP contribution < -0.4 is 5.32 Å². The van der Waals surface area contributed by atoms with Crippen molar-refractivity contribution in [3.05, 3.63) is 34.4 Å². The van der Waals surface area contributed by atoms with Crippen molar-refractivity contribution in [2.24, 2.45) is 0 Å². The van der Waals surface area contributed by atoms with Gasteiger partial charge in [0, 0.05) is 28.3 Å². The molecule has 2 N–H and O–H groups in total. The van der Waals surface area contributed by atoms with E-state index in [0.717, 1.165) is 34.6 Å². The summed E-state index contributed by atoms with van der Waals surface area (Å²) in [5.74, 6) is -0.298. The number of H-pyrrole nitrogens is 1. The van der Waals surface area contributed by atoms with Gasteiger partial charge in [0.25, 0.3) is 5.91 Å². The van der Waals surface area contributed by atoms with Crippen molar-refractivity contribution in [3.63, 3.8) is 0 Å². The summed E-state index contributed by atoms with van der Waals surface area (Å²) in [5, 5.41) is 3.88. The number of halogens is 1. The van der Waals surface area contributed by atoms with Gasteiger partial charge in [0.05, 0.1) is 7.11 Å². The minimum absolute atomic E-state index is 0.111. The molecule has 0 fully saturated rings. The van der Waals surface area contributed by atoms with E-state index in [1.807, 2.05) is 24.3 Å². The molecule has 6 heteroatoms. The number of carbonyl (C=O) groups is 2. The molecule has 2 rings (SSSR count). The number of nitrogens with one attached hydrogen (secondary N) is 2. The third-order valence-electron chi connectivity index (χ3n) is 3.40. The third kappa shape index (κ3) is 4.59. The van der Waals surface area contributed by atoms with Crippen molar-refractivity contribution in [2.75, 3.05) is 13.7 Å². The Morgan fingerprint density at radius 1 is 1.23 bits per heavy atom. The van der Waals surface area contributed by atoms with Gasteiger partial charge in [0.2, 0.25) is 0 Å². The van der Waals surface area contributed by atoms with E-state index in [1.165, 1.54) is 7.11 Å². The lowest BCUT2D eigenvalue weighted by molar-refractivity contribution is -0.140. The number of benzene rings is 1. The van der Waals surface area contributed by atoms with Crippen LogP contribution in [-0.4, -0.2) is 30.5 Å². The van der Waals surface area contributed by atoms with E-state index in [4.69, 9.17) is 0 Å². The monoisotopic (exact) mass is 366 g/mol. The zero-order valence-electron chi connectivity index (χ0n) is 12.4. The number of hydrogen-bond acceptors (Lipinski definition) is 3. The van der Waals surface area contributed by atoms with E-state index in [1.54, 1.807) is 0 Å². The first kappa shape index (κ1) is 16.5. The molecule has 0 aliphatic rings. The lowest BCUT2D eigenvalue weighted by Gasteiger charge is -2.03. The Kier molecular flexibility index (Phi) is 6.00. The maximum absolute atomic E-state index is 12.1. The summed E-state index contributed by atoms with van der Waals surface area (Å²) in [5.41, 5.74) is 1.49. The molecule has 0 atom stereocenters. The van der Waals surface area contributed by atoms with Gasteiger partial charge >= 0.3 is 5.97 Å². The Morgan fingerprint density at radius 3 is 2.82 bits per heavy atom. The minimum atomic E-state index is -0.187. The van der Waals surface area contributed by atoms with Crippen LogP contribution in [0, 0.1) is 0 Å². The van der Waals surface area contributed by atoms with Crippen molar-refractivity contribution < 1.29 is 14.3 Å². The standard InChI is InChI=1S/C16H19BrN2O3/c1-22-15(20)5-3-2-4-8-18-16(21)14-10-11-9-12(17)6-7-13(11)19-14/h6-7,9-10,19H,2-5,8H2,1H3,(H,18,21). The van der Waals surface area contributed by atoms with E-state index in [0.29, 0.717) is 18.7 Å². The predicted molar refractivity (Wildman–Crippen MR) is 88.8 cm³/mol. The van der Waals surface area contributed by atoms with Gasteiger partial charge in [-0.3, -0.25) is 9.59 Å². The van der Waals surface area contributed by atoms with Gasteiger partial charge < -0.3 is 15.0 Å². The summed E-state index contributed by atoms with van der Waals surface area (Å²) >= 11 is 3.41. The quantitative estimate of drug-likeness (QED) is 0.582. The number of hydrogen-bond donors (Lipinski definition) is 2. The zero-order valence-corrected chi connectivity index (χ0v) is 14.0. The highest BCUT2D eigenvalue weighted by Gasteiger charge is 2.09. The topological polar surface area (TPSA) is 71.2 Å². The Bertz CT molecular complexity index is 666. The van der Waals surface area contributed by atoms with Crippen LogP contribution in [0.25, 0.3) is 10.9 Å². The molecular formula is C16H19BrN2O3. The molecule has 1 aromatic heterocycles. The molecule has 0 saturated carbocycles. The normalized spacial score (nSPS) is 10.6. The SMILES string of the molecule is COC(=O)CCCCCNC(=O)c1cc2cc(Br)ccc2[nH]1. The number of esters is 1. The van der Waals surface area contributed by atoms with Crippen LogP contribution in [0.1, 0.15) is 36.2 Å². The molecule has 0 aliphatic carbocycles. The van der Waals surface area contributed by atoms with Gasteiger partial charge in [-0.2, -0.15) is 0 Å². The van der Waals surface area contributed by atoms with E-state index < -0.39 is 0 Å². The summed E-state index contributed by atoms with van der Waals surface area (Å²) in [6, 6.07) is 7.67. The van der Waals surface area contributed by atoms with Crippen LogP contribution in [-0.2, 0) is 9.53 Å². The number of carbonyl (C=O) groups excluding carboxylic acids is 2. The molecule has 1 heterocycles. The van der Waals surface area contributed by atoms with Crippen LogP contribution in [0.5, 0.6) is 0 Å². The van der Waals surface area contributed by atoms with Crippen LogP contribution in [0.2, 0.25) is 0 Å². The van der Waals surface area contributed by atoms with Crippen LogP contribution >= 0.6 is 15.9 Å². The number of unbranched alkanes of at least 4 members (excludes halogenated alkanes) is 2. The highest BCUT2D eigenvalue weighted by Crippen LogP contribution is 2.20. The highest BCUT2D eigenvalue weighted by atomic mass is 79.9. The first-order chi connectivity index (χ1) is 10.6. The molecule has 1 amide bonds. The molecule has 5 nitrogen and oxygen atoms in total. The largest absolute Gasteiger partial charge is 0.469 e. The van der Waals surface area contributed by atoms with Crippen molar-refractivity contribution in [1.29, 1.82) is 0 Å². The second-order valence-corrected chi connectivity index (χ2v) is 5.97. The van der Waals surface area contributed by atoms with E-state index >= 15 is 0 Å². The number of amides is 1. The third-order valence-corrected chi connectivity index (χ3v) is 3.89. The fourth-order valence-electron chi connectivity index (χ4n) is 2.20. The second kappa shape index (κ2) is 7.98. The second-order valence-electron chi connectivity index (χ2n) is 5.06. The molecule has 0 aliphatic heterocycles. The number of methoxy groups -OCH3 is 1. The summed E-state index contributed by atoms with van der Waals surface area (Å²) < 4.78 is 5.56. The van der Waals surface area contributed by atoms with Gasteiger partial charge in [0.15, 0.2) is 0 Å². The van der Waals surface area contributed by atoms with E-state index in [9.17, 15) is 9.59 Å². The summed E-state index contributed by atoms with van der Waals surface area (Å²) in [6.45, 7) is 0.596. The number of fused-ring (bicyclic) bond motifs is 1. The summed E-state index contributed by atoms with van der Waals surface area (Å²) in [7, 11) is 1.39. The summed E-state index contributed by atoms with van der Waals surface area (Å²) in [4.78, 5) is 26.1. The Morgan fingerprint density at radius 2 is 2.05 bits per heavy atom. The average molecular weight is 367 g/mol. The fraction of sp³-hybridized carbons (Fsp3) is 0.375.